The molecule has 48 valence electrons. The third kappa shape index (κ3) is 0.740. The lowest BCUT2D eigenvalue weighted by molar-refractivity contribution is -0.0488. The Bertz CT molecular complexity index is 88.5. The van der Waals surface area contributed by atoms with Gasteiger partial charge in [-0.15, -0.1) is 0 Å². The van der Waals surface area contributed by atoms with E-state index >= 15 is 0 Å². The topological polar surface area (TPSA) is 32.3 Å². The molecule has 1 fully saturated rings. The van der Waals surface area contributed by atoms with Crippen LogP contribution in [-0.4, -0.2) is 23.8 Å². The lowest BCUT2D eigenvalue weighted by Crippen LogP contribution is -2.55. The minimum absolute atomic E-state index is 0.336. The molecule has 0 aromatic heterocycles. The van der Waals surface area contributed by atoms with E-state index in [9.17, 15) is 5.11 Å². The average Bonchev–Trinajstić information content (AvgIpc) is 1.66. The number of likely N-dealkylation sites (N-methyl/N-ethyl adjacent to an activating group) is 1. The summed E-state index contributed by atoms with van der Waals surface area (Å²) in [5.41, 5.74) is -0.422. The molecule has 2 heteroatoms. The van der Waals surface area contributed by atoms with Crippen LogP contribution in [0.15, 0.2) is 0 Å². The maximum absolute atomic E-state index is 9.31. The van der Waals surface area contributed by atoms with E-state index in [4.69, 9.17) is 0 Å². The standard InChI is InChI=1S/C6H13NO/c1-6(8)4-3-5(6)7-2/h5,7-8H,3-4H2,1-2H3/t5?,6-/m1/s1. The van der Waals surface area contributed by atoms with Gasteiger partial charge in [0.15, 0.2) is 0 Å². The Kier molecular flexibility index (Phi) is 1.29. The van der Waals surface area contributed by atoms with Crippen molar-refractivity contribution in [2.24, 2.45) is 0 Å². The molecule has 1 unspecified atom stereocenters. The van der Waals surface area contributed by atoms with Gasteiger partial charge in [-0.25, -0.2) is 0 Å². The molecule has 1 aliphatic carbocycles. The lowest BCUT2D eigenvalue weighted by atomic mass is 9.76. The molecule has 1 saturated carbocycles. The summed E-state index contributed by atoms with van der Waals surface area (Å²) in [7, 11) is 1.89. The van der Waals surface area contributed by atoms with Crippen LogP contribution in [0.4, 0.5) is 0 Å². The molecule has 0 amide bonds. The molecule has 0 heterocycles. The summed E-state index contributed by atoms with van der Waals surface area (Å²) in [6, 6.07) is 0.336. The van der Waals surface area contributed by atoms with E-state index < -0.39 is 5.60 Å². The van der Waals surface area contributed by atoms with Crippen LogP contribution in [0, 0.1) is 0 Å². The van der Waals surface area contributed by atoms with E-state index in [-0.39, 0.29) is 0 Å². The zero-order valence-corrected chi connectivity index (χ0v) is 5.44. The van der Waals surface area contributed by atoms with Gasteiger partial charge in [-0.3, -0.25) is 0 Å². The number of rotatable bonds is 1. The van der Waals surface area contributed by atoms with E-state index in [1.807, 2.05) is 14.0 Å². The number of hydrogen-bond acceptors (Lipinski definition) is 2. The molecule has 0 spiro atoms. The average molecular weight is 115 g/mol. The van der Waals surface area contributed by atoms with Gasteiger partial charge in [-0.2, -0.15) is 0 Å². The summed E-state index contributed by atoms with van der Waals surface area (Å²) in [4.78, 5) is 0. The third-order valence-electron chi connectivity index (χ3n) is 2.04. The molecule has 2 atom stereocenters. The zero-order chi connectivity index (χ0) is 6.20. The van der Waals surface area contributed by atoms with Crippen molar-refractivity contribution in [3.05, 3.63) is 0 Å². The van der Waals surface area contributed by atoms with Crippen molar-refractivity contribution < 1.29 is 5.11 Å². The zero-order valence-electron chi connectivity index (χ0n) is 5.44. The van der Waals surface area contributed by atoms with Crippen molar-refractivity contribution >= 4 is 0 Å². The Labute approximate surface area is 49.9 Å². The van der Waals surface area contributed by atoms with Crippen molar-refractivity contribution in [1.82, 2.24) is 5.32 Å². The number of aliphatic hydroxyl groups is 1. The van der Waals surface area contributed by atoms with Crippen LogP contribution < -0.4 is 5.32 Å². The van der Waals surface area contributed by atoms with E-state index in [1.165, 1.54) is 0 Å². The van der Waals surface area contributed by atoms with Crippen molar-refractivity contribution in [3.8, 4) is 0 Å². The predicted molar refractivity (Wildman–Crippen MR) is 32.7 cm³/mol. The highest BCUT2D eigenvalue weighted by Crippen LogP contribution is 2.30. The summed E-state index contributed by atoms with van der Waals surface area (Å²) < 4.78 is 0. The first-order valence-electron chi connectivity index (χ1n) is 3.06. The second-order valence-corrected chi connectivity index (χ2v) is 2.74. The minimum atomic E-state index is -0.422. The monoisotopic (exact) mass is 115 g/mol. The summed E-state index contributed by atoms with van der Waals surface area (Å²) in [5.74, 6) is 0. The molecule has 1 aliphatic rings. The van der Waals surface area contributed by atoms with Gasteiger partial charge in [0.2, 0.25) is 0 Å². The van der Waals surface area contributed by atoms with Crippen LogP contribution in [0.25, 0.3) is 0 Å². The second-order valence-electron chi connectivity index (χ2n) is 2.74. The smallest absolute Gasteiger partial charge is 0.0772 e. The Morgan fingerprint density at radius 1 is 1.75 bits per heavy atom. The van der Waals surface area contributed by atoms with E-state index in [1.54, 1.807) is 0 Å². The molecule has 0 bridgehead atoms. The molecule has 0 aromatic rings. The van der Waals surface area contributed by atoms with Crippen LogP contribution >= 0.6 is 0 Å². The maximum Gasteiger partial charge on any atom is 0.0772 e. The first-order valence-corrected chi connectivity index (χ1v) is 3.06. The molecule has 1 rings (SSSR count). The van der Waals surface area contributed by atoms with E-state index in [2.05, 4.69) is 5.32 Å². The van der Waals surface area contributed by atoms with Gasteiger partial charge in [0.25, 0.3) is 0 Å². The highest BCUT2D eigenvalue weighted by molar-refractivity contribution is 4.96. The maximum atomic E-state index is 9.31. The van der Waals surface area contributed by atoms with Crippen molar-refractivity contribution in [2.45, 2.75) is 31.4 Å². The van der Waals surface area contributed by atoms with Gasteiger partial charge in [0, 0.05) is 6.04 Å². The van der Waals surface area contributed by atoms with Crippen LogP contribution in [0.5, 0.6) is 0 Å². The SMILES string of the molecule is CNC1CC[C@@]1(C)O. The molecule has 0 aromatic carbocycles. The van der Waals surface area contributed by atoms with Crippen LogP contribution in [0.3, 0.4) is 0 Å². The highest BCUT2D eigenvalue weighted by atomic mass is 16.3. The molecular weight excluding hydrogens is 102 g/mol. The van der Waals surface area contributed by atoms with Crippen molar-refractivity contribution in [3.63, 3.8) is 0 Å². The van der Waals surface area contributed by atoms with Gasteiger partial charge in [-0.1, -0.05) is 0 Å². The molecule has 2 nitrogen and oxygen atoms in total. The van der Waals surface area contributed by atoms with Crippen LogP contribution in [0.1, 0.15) is 19.8 Å². The van der Waals surface area contributed by atoms with Gasteiger partial charge < -0.3 is 10.4 Å². The molecular formula is C6H13NO. The highest BCUT2D eigenvalue weighted by Gasteiger charge is 2.39. The van der Waals surface area contributed by atoms with Gasteiger partial charge in [0.1, 0.15) is 0 Å². The van der Waals surface area contributed by atoms with Gasteiger partial charge >= 0.3 is 0 Å². The molecule has 0 aliphatic heterocycles. The Morgan fingerprint density at radius 3 is 2.38 bits per heavy atom. The van der Waals surface area contributed by atoms with E-state index in [0.29, 0.717) is 6.04 Å². The Morgan fingerprint density at radius 2 is 2.38 bits per heavy atom. The summed E-state index contributed by atoms with van der Waals surface area (Å²) >= 11 is 0. The predicted octanol–water partition coefficient (Wildman–Crippen LogP) is 0.119. The molecule has 0 radical (unpaired) electrons. The largest absolute Gasteiger partial charge is 0.389 e. The third-order valence-corrected chi connectivity index (χ3v) is 2.04. The van der Waals surface area contributed by atoms with Gasteiger partial charge in [0.05, 0.1) is 5.60 Å². The second kappa shape index (κ2) is 1.71. The normalized spacial score (nSPS) is 46.1. The van der Waals surface area contributed by atoms with Crippen molar-refractivity contribution in [1.29, 1.82) is 0 Å². The fourth-order valence-corrected chi connectivity index (χ4v) is 1.16. The number of hydrogen-bond donors (Lipinski definition) is 2. The molecule has 0 saturated heterocycles. The fraction of sp³-hybridized carbons (Fsp3) is 1.00. The number of nitrogens with one attached hydrogen (secondary N) is 1. The van der Waals surface area contributed by atoms with Crippen LogP contribution in [0.2, 0.25) is 0 Å². The Balaban J connectivity index is 2.37. The summed E-state index contributed by atoms with van der Waals surface area (Å²) in [6.45, 7) is 1.87. The molecule has 2 N–H and O–H groups in total. The van der Waals surface area contributed by atoms with Crippen LogP contribution in [-0.2, 0) is 0 Å². The summed E-state index contributed by atoms with van der Waals surface area (Å²) in [6.07, 6.45) is 2.06. The lowest BCUT2D eigenvalue weighted by Gasteiger charge is -2.42. The summed E-state index contributed by atoms with van der Waals surface area (Å²) in [5, 5.41) is 12.4. The first-order chi connectivity index (χ1) is 3.67. The molecule has 8 heavy (non-hydrogen) atoms. The first kappa shape index (κ1) is 6.05. The quantitative estimate of drug-likeness (QED) is 0.508. The van der Waals surface area contributed by atoms with Crippen molar-refractivity contribution in [2.75, 3.05) is 7.05 Å². The van der Waals surface area contributed by atoms with Gasteiger partial charge in [-0.05, 0) is 26.8 Å². The fourth-order valence-electron chi connectivity index (χ4n) is 1.16. The minimum Gasteiger partial charge on any atom is -0.389 e. The van der Waals surface area contributed by atoms with E-state index in [0.717, 1.165) is 12.8 Å². The Hall–Kier alpha value is -0.0800.